The number of halogens is 1. The summed E-state index contributed by atoms with van der Waals surface area (Å²) < 4.78 is 0.899. The van der Waals surface area contributed by atoms with Gasteiger partial charge in [-0.15, -0.1) is 0 Å². The largest absolute Gasteiger partial charge is 0.319 e. The first kappa shape index (κ1) is 10.1. The van der Waals surface area contributed by atoms with E-state index >= 15 is 0 Å². The Hall–Kier alpha value is -0.480. The van der Waals surface area contributed by atoms with E-state index in [9.17, 15) is 0 Å². The molecule has 1 aliphatic rings. The molecule has 0 saturated heterocycles. The lowest BCUT2D eigenvalue weighted by atomic mass is 9.97. The maximum absolute atomic E-state index is 6.28. The van der Waals surface area contributed by atoms with Crippen molar-refractivity contribution >= 4 is 15.9 Å². The van der Waals surface area contributed by atoms with Crippen LogP contribution in [0, 0.1) is 5.92 Å². The lowest BCUT2D eigenvalue weighted by Gasteiger charge is -2.21. The molecule has 0 amide bonds. The molecule has 76 valence electrons. The number of rotatable bonds is 1. The molecule has 3 nitrogen and oxygen atoms in total. The Labute approximate surface area is 92.3 Å². The van der Waals surface area contributed by atoms with E-state index in [0.717, 1.165) is 23.1 Å². The van der Waals surface area contributed by atoms with E-state index < -0.39 is 0 Å². The number of hydrogen-bond donors (Lipinski definition) is 1. The van der Waals surface area contributed by atoms with E-state index in [-0.39, 0.29) is 5.54 Å². The van der Waals surface area contributed by atoms with E-state index in [1.54, 1.807) is 12.4 Å². The molecule has 2 rings (SSSR count). The van der Waals surface area contributed by atoms with Gasteiger partial charge in [-0.25, -0.2) is 9.97 Å². The second-order valence-electron chi connectivity index (χ2n) is 4.23. The highest BCUT2D eigenvalue weighted by molar-refractivity contribution is 9.10. The fraction of sp³-hybridized carbons (Fsp3) is 0.600. The molecule has 2 N–H and O–H groups in total. The average molecular weight is 256 g/mol. The third-order valence-corrected chi connectivity index (χ3v) is 3.27. The summed E-state index contributed by atoms with van der Waals surface area (Å²) in [6, 6.07) is 0. The standard InChI is InChI=1S/C10H14BrN3/c1-7-2-3-10(12,4-7)9-13-5-8(11)6-14-9/h5-7H,2-4,12H2,1H3. The Balaban J connectivity index is 2.26. The van der Waals surface area contributed by atoms with Gasteiger partial charge in [0.15, 0.2) is 0 Å². The average Bonchev–Trinajstić information content (AvgIpc) is 2.48. The topological polar surface area (TPSA) is 51.8 Å². The van der Waals surface area contributed by atoms with Crippen LogP contribution < -0.4 is 5.73 Å². The summed E-state index contributed by atoms with van der Waals surface area (Å²) in [6.07, 6.45) is 6.69. The molecular weight excluding hydrogens is 242 g/mol. The van der Waals surface area contributed by atoms with Gasteiger partial charge in [0.25, 0.3) is 0 Å². The molecule has 1 fully saturated rings. The van der Waals surface area contributed by atoms with Crippen LogP contribution in [0.2, 0.25) is 0 Å². The quantitative estimate of drug-likeness (QED) is 0.838. The Morgan fingerprint density at radius 3 is 2.64 bits per heavy atom. The van der Waals surface area contributed by atoms with Crippen LogP contribution >= 0.6 is 15.9 Å². The van der Waals surface area contributed by atoms with Crippen molar-refractivity contribution in [2.75, 3.05) is 0 Å². The van der Waals surface area contributed by atoms with Gasteiger partial charge >= 0.3 is 0 Å². The van der Waals surface area contributed by atoms with Crippen LogP contribution in [-0.4, -0.2) is 9.97 Å². The van der Waals surface area contributed by atoms with Crippen LogP contribution in [0.5, 0.6) is 0 Å². The van der Waals surface area contributed by atoms with E-state index in [1.807, 2.05) is 0 Å². The second-order valence-corrected chi connectivity index (χ2v) is 5.14. The van der Waals surface area contributed by atoms with Crippen LogP contribution in [0.25, 0.3) is 0 Å². The first-order valence-corrected chi connectivity index (χ1v) is 5.66. The lowest BCUT2D eigenvalue weighted by molar-refractivity contribution is 0.413. The number of nitrogens with two attached hydrogens (primary N) is 1. The van der Waals surface area contributed by atoms with Gasteiger partial charge in [-0.2, -0.15) is 0 Å². The number of hydrogen-bond acceptors (Lipinski definition) is 3. The van der Waals surface area contributed by atoms with Gasteiger partial charge in [-0.05, 0) is 41.1 Å². The zero-order chi connectivity index (χ0) is 10.2. The van der Waals surface area contributed by atoms with Crippen molar-refractivity contribution in [3.05, 3.63) is 22.7 Å². The van der Waals surface area contributed by atoms with Gasteiger partial charge in [-0.1, -0.05) is 6.92 Å². The van der Waals surface area contributed by atoms with Gasteiger partial charge in [0.1, 0.15) is 5.82 Å². The van der Waals surface area contributed by atoms with Crippen molar-refractivity contribution in [2.45, 2.75) is 31.7 Å². The van der Waals surface area contributed by atoms with Crippen molar-refractivity contribution in [3.63, 3.8) is 0 Å². The first-order chi connectivity index (χ1) is 6.60. The summed E-state index contributed by atoms with van der Waals surface area (Å²) in [5, 5.41) is 0. The maximum atomic E-state index is 6.28. The molecule has 4 heteroatoms. The second kappa shape index (κ2) is 3.59. The Morgan fingerprint density at radius 1 is 1.50 bits per heavy atom. The summed E-state index contributed by atoms with van der Waals surface area (Å²) in [5.41, 5.74) is 5.99. The van der Waals surface area contributed by atoms with Crippen LogP contribution in [0.3, 0.4) is 0 Å². The minimum atomic E-state index is -0.292. The maximum Gasteiger partial charge on any atom is 0.148 e. The minimum absolute atomic E-state index is 0.292. The van der Waals surface area contributed by atoms with Crippen molar-refractivity contribution in [1.29, 1.82) is 0 Å². The monoisotopic (exact) mass is 255 g/mol. The molecule has 1 aromatic heterocycles. The summed E-state index contributed by atoms with van der Waals surface area (Å²) in [5.74, 6) is 1.47. The van der Waals surface area contributed by atoms with E-state index in [4.69, 9.17) is 5.73 Å². The molecule has 2 atom stereocenters. The van der Waals surface area contributed by atoms with Crippen LogP contribution in [0.1, 0.15) is 32.0 Å². The van der Waals surface area contributed by atoms with Crippen LogP contribution in [0.15, 0.2) is 16.9 Å². The zero-order valence-electron chi connectivity index (χ0n) is 8.20. The number of aromatic nitrogens is 2. The van der Waals surface area contributed by atoms with Crippen molar-refractivity contribution in [3.8, 4) is 0 Å². The normalized spacial score (nSPS) is 32.1. The molecule has 2 unspecified atom stereocenters. The van der Waals surface area contributed by atoms with Gasteiger partial charge in [0.05, 0.1) is 10.0 Å². The van der Waals surface area contributed by atoms with Crippen LogP contribution in [-0.2, 0) is 5.54 Å². The molecule has 1 heterocycles. The van der Waals surface area contributed by atoms with Gasteiger partial charge in [0.2, 0.25) is 0 Å². The van der Waals surface area contributed by atoms with Crippen molar-refractivity contribution in [2.24, 2.45) is 11.7 Å². The molecule has 1 aromatic rings. The van der Waals surface area contributed by atoms with E-state index in [2.05, 4.69) is 32.8 Å². The van der Waals surface area contributed by atoms with E-state index in [1.165, 1.54) is 6.42 Å². The zero-order valence-corrected chi connectivity index (χ0v) is 9.79. The molecule has 0 spiro atoms. The predicted molar refractivity (Wildman–Crippen MR) is 58.6 cm³/mol. The molecule has 0 bridgehead atoms. The third-order valence-electron chi connectivity index (χ3n) is 2.86. The van der Waals surface area contributed by atoms with Crippen molar-refractivity contribution in [1.82, 2.24) is 9.97 Å². The molecule has 0 radical (unpaired) electrons. The van der Waals surface area contributed by atoms with Crippen LogP contribution in [0.4, 0.5) is 0 Å². The Kier molecular flexibility index (Phi) is 2.58. The Morgan fingerprint density at radius 2 is 2.14 bits per heavy atom. The van der Waals surface area contributed by atoms with E-state index in [0.29, 0.717) is 5.92 Å². The lowest BCUT2D eigenvalue weighted by Crippen LogP contribution is -2.35. The third kappa shape index (κ3) is 1.81. The SMILES string of the molecule is CC1CCC(N)(c2ncc(Br)cn2)C1. The van der Waals surface area contributed by atoms with Gasteiger partial charge in [-0.3, -0.25) is 0 Å². The summed E-state index contributed by atoms with van der Waals surface area (Å²) >= 11 is 3.32. The van der Waals surface area contributed by atoms with Gasteiger partial charge < -0.3 is 5.73 Å². The highest BCUT2D eigenvalue weighted by Gasteiger charge is 2.37. The molecule has 1 aliphatic carbocycles. The molecule has 1 saturated carbocycles. The first-order valence-electron chi connectivity index (χ1n) is 4.87. The summed E-state index contributed by atoms with van der Waals surface area (Å²) in [7, 11) is 0. The fourth-order valence-electron chi connectivity index (χ4n) is 2.10. The highest BCUT2D eigenvalue weighted by Crippen LogP contribution is 2.38. The number of nitrogens with zero attached hydrogens (tertiary/aromatic N) is 2. The molecule has 0 aromatic carbocycles. The minimum Gasteiger partial charge on any atom is -0.319 e. The molecular formula is C10H14BrN3. The fourth-order valence-corrected chi connectivity index (χ4v) is 2.31. The summed E-state index contributed by atoms with van der Waals surface area (Å²) in [4.78, 5) is 8.57. The van der Waals surface area contributed by atoms with Crippen molar-refractivity contribution < 1.29 is 0 Å². The highest BCUT2D eigenvalue weighted by atomic mass is 79.9. The van der Waals surface area contributed by atoms with Gasteiger partial charge in [0, 0.05) is 12.4 Å². The molecule has 14 heavy (non-hydrogen) atoms. The summed E-state index contributed by atoms with van der Waals surface area (Å²) in [6.45, 7) is 2.23. The Bertz CT molecular complexity index is 325. The molecule has 0 aliphatic heterocycles. The smallest absolute Gasteiger partial charge is 0.148 e. The predicted octanol–water partition coefficient (Wildman–Crippen LogP) is 2.21.